The summed E-state index contributed by atoms with van der Waals surface area (Å²) in [6, 6.07) is 9.06. The zero-order valence-electron chi connectivity index (χ0n) is 13.5. The molecular formula is C17H29N3O. The van der Waals surface area contributed by atoms with Gasteiger partial charge in [-0.2, -0.15) is 0 Å². The predicted molar refractivity (Wildman–Crippen MR) is 88.0 cm³/mol. The summed E-state index contributed by atoms with van der Waals surface area (Å²) in [7, 11) is 0. The van der Waals surface area contributed by atoms with Crippen LogP contribution in [-0.2, 0) is 4.79 Å². The second kappa shape index (κ2) is 9.53. The van der Waals surface area contributed by atoms with Crippen LogP contribution in [0.3, 0.4) is 0 Å². The maximum Gasteiger partial charge on any atom is 0.241 e. The van der Waals surface area contributed by atoms with Crippen molar-refractivity contribution in [2.45, 2.75) is 45.7 Å². The van der Waals surface area contributed by atoms with E-state index in [0.29, 0.717) is 0 Å². The first-order valence-electron chi connectivity index (χ1n) is 7.91. The van der Waals surface area contributed by atoms with Gasteiger partial charge in [0, 0.05) is 6.04 Å². The molecule has 2 unspecified atom stereocenters. The topological polar surface area (TPSA) is 58.4 Å². The Morgan fingerprint density at radius 1 is 1.24 bits per heavy atom. The van der Waals surface area contributed by atoms with Crippen LogP contribution >= 0.6 is 0 Å². The molecule has 1 aromatic carbocycles. The van der Waals surface area contributed by atoms with Gasteiger partial charge < -0.3 is 16.0 Å². The van der Waals surface area contributed by atoms with E-state index in [1.165, 1.54) is 0 Å². The molecule has 0 saturated carbocycles. The van der Waals surface area contributed by atoms with E-state index in [2.05, 4.69) is 24.1 Å². The predicted octanol–water partition coefficient (Wildman–Crippen LogP) is 2.31. The molecular weight excluding hydrogens is 262 g/mol. The summed E-state index contributed by atoms with van der Waals surface area (Å²) in [6.45, 7) is 9.63. The maximum absolute atomic E-state index is 12.1. The fourth-order valence-electron chi connectivity index (χ4n) is 2.38. The van der Waals surface area contributed by atoms with Crippen LogP contribution in [0.1, 0.15) is 45.2 Å². The van der Waals surface area contributed by atoms with Crippen molar-refractivity contribution in [2.75, 3.05) is 19.6 Å². The Labute approximate surface area is 128 Å². The average Bonchev–Trinajstić information content (AvgIpc) is 2.51. The number of hydrogen-bond donors (Lipinski definition) is 2. The number of hydrogen-bond acceptors (Lipinski definition) is 3. The molecule has 0 aliphatic heterocycles. The summed E-state index contributed by atoms with van der Waals surface area (Å²) < 4.78 is 0. The van der Waals surface area contributed by atoms with Crippen LogP contribution in [0.25, 0.3) is 0 Å². The Morgan fingerprint density at radius 2 is 1.86 bits per heavy atom. The highest BCUT2D eigenvalue weighted by Crippen LogP contribution is 2.10. The molecule has 0 heterocycles. The van der Waals surface area contributed by atoms with Gasteiger partial charge in [-0.05, 0) is 45.0 Å². The lowest BCUT2D eigenvalue weighted by Crippen LogP contribution is -2.39. The van der Waals surface area contributed by atoms with Crippen LogP contribution in [0.2, 0.25) is 0 Å². The molecule has 1 aromatic rings. The molecule has 0 aromatic heterocycles. The molecule has 0 radical (unpaired) electrons. The van der Waals surface area contributed by atoms with Crippen molar-refractivity contribution in [3.63, 3.8) is 0 Å². The molecule has 0 saturated heterocycles. The molecule has 0 spiro atoms. The van der Waals surface area contributed by atoms with Gasteiger partial charge >= 0.3 is 0 Å². The zero-order valence-corrected chi connectivity index (χ0v) is 13.5. The number of rotatable bonds is 9. The van der Waals surface area contributed by atoms with Gasteiger partial charge in [0.15, 0.2) is 0 Å². The first-order valence-corrected chi connectivity index (χ1v) is 7.91. The van der Waals surface area contributed by atoms with Crippen LogP contribution in [0.4, 0.5) is 0 Å². The third-order valence-electron chi connectivity index (χ3n) is 3.84. The summed E-state index contributed by atoms with van der Waals surface area (Å²) in [5.74, 6) is -0.100. The molecule has 1 amide bonds. The van der Waals surface area contributed by atoms with Crippen LogP contribution in [0.15, 0.2) is 30.3 Å². The Hall–Kier alpha value is -1.39. The Bertz CT molecular complexity index is 404. The highest BCUT2D eigenvalue weighted by Gasteiger charge is 2.17. The van der Waals surface area contributed by atoms with Crippen molar-refractivity contribution >= 4 is 5.91 Å². The molecule has 0 aliphatic carbocycles. The third-order valence-corrected chi connectivity index (χ3v) is 3.84. The number of amides is 1. The van der Waals surface area contributed by atoms with Crippen LogP contribution in [0.5, 0.6) is 0 Å². The van der Waals surface area contributed by atoms with Crippen molar-refractivity contribution < 1.29 is 4.79 Å². The third kappa shape index (κ3) is 6.27. The molecule has 0 bridgehead atoms. The second-order valence-corrected chi connectivity index (χ2v) is 5.47. The molecule has 4 heteroatoms. The van der Waals surface area contributed by atoms with E-state index >= 15 is 0 Å². The van der Waals surface area contributed by atoms with E-state index in [9.17, 15) is 4.79 Å². The maximum atomic E-state index is 12.1. The van der Waals surface area contributed by atoms with Gasteiger partial charge in [0.25, 0.3) is 0 Å². The normalized spacial score (nSPS) is 14.0. The summed E-state index contributed by atoms with van der Waals surface area (Å²) in [5.41, 5.74) is 6.84. The SMILES string of the molecule is CCN(CC)CCCC(C)NC(=O)C(N)c1ccccc1. The van der Waals surface area contributed by atoms with Gasteiger partial charge in [0.1, 0.15) is 6.04 Å². The summed E-state index contributed by atoms with van der Waals surface area (Å²) in [4.78, 5) is 14.5. The molecule has 21 heavy (non-hydrogen) atoms. The Morgan fingerprint density at radius 3 is 2.43 bits per heavy atom. The monoisotopic (exact) mass is 291 g/mol. The number of carbonyl (C=O) groups is 1. The minimum absolute atomic E-state index is 0.100. The van der Waals surface area contributed by atoms with E-state index in [4.69, 9.17) is 5.73 Å². The van der Waals surface area contributed by atoms with E-state index in [-0.39, 0.29) is 11.9 Å². The molecule has 1 rings (SSSR count). The number of carbonyl (C=O) groups excluding carboxylic acids is 1. The first-order chi connectivity index (χ1) is 10.1. The average molecular weight is 291 g/mol. The first kappa shape index (κ1) is 17.7. The van der Waals surface area contributed by atoms with Crippen molar-refractivity contribution in [1.29, 1.82) is 0 Å². The second-order valence-electron chi connectivity index (χ2n) is 5.47. The van der Waals surface area contributed by atoms with Gasteiger partial charge in [0.05, 0.1) is 0 Å². The van der Waals surface area contributed by atoms with Crippen molar-refractivity contribution in [3.05, 3.63) is 35.9 Å². The van der Waals surface area contributed by atoms with Gasteiger partial charge in [-0.25, -0.2) is 0 Å². The largest absolute Gasteiger partial charge is 0.352 e. The van der Waals surface area contributed by atoms with Gasteiger partial charge in [-0.3, -0.25) is 4.79 Å². The van der Waals surface area contributed by atoms with Gasteiger partial charge in [-0.15, -0.1) is 0 Å². The number of nitrogens with zero attached hydrogens (tertiary/aromatic N) is 1. The molecule has 0 aliphatic rings. The lowest BCUT2D eigenvalue weighted by atomic mass is 10.1. The van der Waals surface area contributed by atoms with Crippen molar-refractivity contribution in [1.82, 2.24) is 10.2 Å². The van der Waals surface area contributed by atoms with Gasteiger partial charge in [0.2, 0.25) is 5.91 Å². The highest BCUT2D eigenvalue weighted by atomic mass is 16.2. The smallest absolute Gasteiger partial charge is 0.241 e. The lowest BCUT2D eigenvalue weighted by molar-refractivity contribution is -0.123. The highest BCUT2D eigenvalue weighted by molar-refractivity contribution is 5.83. The number of nitrogens with two attached hydrogens (primary N) is 1. The summed E-state index contributed by atoms with van der Waals surface area (Å²) >= 11 is 0. The molecule has 4 nitrogen and oxygen atoms in total. The molecule has 2 atom stereocenters. The molecule has 0 fully saturated rings. The Balaban J connectivity index is 2.33. The van der Waals surface area contributed by atoms with Gasteiger partial charge in [-0.1, -0.05) is 44.2 Å². The standard InChI is InChI=1S/C17H29N3O/c1-4-20(5-2)13-9-10-14(3)19-17(21)16(18)15-11-7-6-8-12-15/h6-8,11-12,14,16H,4-5,9-10,13,18H2,1-3H3,(H,19,21). The van der Waals surface area contributed by atoms with Crippen molar-refractivity contribution in [2.24, 2.45) is 5.73 Å². The minimum Gasteiger partial charge on any atom is -0.352 e. The van der Waals surface area contributed by atoms with Crippen LogP contribution < -0.4 is 11.1 Å². The Kier molecular flexibility index (Phi) is 8.01. The van der Waals surface area contributed by atoms with E-state index in [1.54, 1.807) is 0 Å². The van der Waals surface area contributed by atoms with Crippen molar-refractivity contribution in [3.8, 4) is 0 Å². The zero-order chi connectivity index (χ0) is 15.7. The lowest BCUT2D eigenvalue weighted by Gasteiger charge is -2.21. The van der Waals surface area contributed by atoms with Crippen LogP contribution in [-0.4, -0.2) is 36.5 Å². The fourth-order valence-corrected chi connectivity index (χ4v) is 2.38. The van der Waals surface area contributed by atoms with E-state index < -0.39 is 6.04 Å². The minimum atomic E-state index is -0.587. The van der Waals surface area contributed by atoms with Crippen LogP contribution in [0, 0.1) is 0 Å². The fraction of sp³-hybridized carbons (Fsp3) is 0.588. The molecule has 3 N–H and O–H groups in total. The quantitative estimate of drug-likeness (QED) is 0.734. The molecule has 118 valence electrons. The number of nitrogens with one attached hydrogen (secondary N) is 1. The van der Waals surface area contributed by atoms with E-state index in [1.807, 2.05) is 37.3 Å². The number of benzene rings is 1. The van der Waals surface area contributed by atoms with E-state index in [0.717, 1.165) is 38.0 Å². The summed E-state index contributed by atoms with van der Waals surface area (Å²) in [6.07, 6.45) is 2.06. The summed E-state index contributed by atoms with van der Waals surface area (Å²) in [5, 5.41) is 3.01.